The third-order valence-corrected chi connectivity index (χ3v) is 5.08. The molecule has 0 spiro atoms. The molecule has 1 unspecified atom stereocenters. The summed E-state index contributed by atoms with van der Waals surface area (Å²) in [4.78, 5) is 26.3. The molecule has 0 aliphatic carbocycles. The van der Waals surface area contributed by atoms with Gasteiger partial charge in [0.2, 0.25) is 0 Å². The predicted molar refractivity (Wildman–Crippen MR) is 94.3 cm³/mol. The van der Waals surface area contributed by atoms with E-state index < -0.39 is 11.6 Å². The van der Waals surface area contributed by atoms with Crippen LogP contribution in [0.5, 0.6) is 0 Å². The largest absolute Gasteiger partial charge is 0.325 e. The molecule has 4 nitrogen and oxygen atoms in total. The summed E-state index contributed by atoms with van der Waals surface area (Å²) in [6.45, 7) is 1.74. The summed E-state index contributed by atoms with van der Waals surface area (Å²) in [6, 6.07) is 11.5. The number of urea groups is 1. The SMILES string of the molecule is CC1(c2ccccc2Cl)NC(=O)N(Cc2ccc(Cl)c(Cl)c2)C1=O. The average molecular weight is 384 g/mol. The second-order valence-electron chi connectivity index (χ2n) is 5.67. The van der Waals surface area contributed by atoms with Crippen molar-refractivity contribution in [3.8, 4) is 0 Å². The Labute approximate surface area is 154 Å². The van der Waals surface area contributed by atoms with E-state index in [1.54, 1.807) is 49.4 Å². The Balaban J connectivity index is 1.92. The summed E-state index contributed by atoms with van der Waals surface area (Å²) in [5.41, 5.74) is 0.0593. The number of hydrogen-bond acceptors (Lipinski definition) is 2. The Kier molecular flexibility index (Phi) is 4.47. The molecule has 1 fully saturated rings. The molecule has 7 heteroatoms. The third-order valence-electron chi connectivity index (χ3n) is 4.01. The van der Waals surface area contributed by atoms with Gasteiger partial charge in [0.05, 0.1) is 16.6 Å². The quantitative estimate of drug-likeness (QED) is 0.787. The molecule has 24 heavy (non-hydrogen) atoms. The number of nitrogens with one attached hydrogen (secondary N) is 1. The Bertz CT molecular complexity index is 840. The number of imide groups is 1. The summed E-state index contributed by atoms with van der Waals surface area (Å²) in [7, 11) is 0. The zero-order chi connectivity index (χ0) is 17.5. The maximum atomic E-state index is 12.9. The first-order chi connectivity index (χ1) is 11.3. The van der Waals surface area contributed by atoms with E-state index in [0.717, 1.165) is 4.90 Å². The van der Waals surface area contributed by atoms with Crippen LogP contribution in [-0.2, 0) is 16.9 Å². The van der Waals surface area contributed by atoms with Gasteiger partial charge in [0.15, 0.2) is 0 Å². The van der Waals surface area contributed by atoms with E-state index in [1.807, 2.05) is 0 Å². The minimum atomic E-state index is -1.20. The van der Waals surface area contributed by atoms with Gasteiger partial charge in [-0.05, 0) is 30.7 Å². The molecule has 0 bridgehead atoms. The molecule has 1 saturated heterocycles. The molecule has 1 heterocycles. The fourth-order valence-corrected chi connectivity index (χ4v) is 3.36. The molecule has 2 aromatic rings. The fraction of sp³-hybridized carbons (Fsp3) is 0.176. The van der Waals surface area contributed by atoms with Crippen molar-refractivity contribution in [3.05, 3.63) is 68.7 Å². The van der Waals surface area contributed by atoms with Crippen LogP contribution >= 0.6 is 34.8 Å². The van der Waals surface area contributed by atoms with E-state index in [4.69, 9.17) is 34.8 Å². The minimum absolute atomic E-state index is 0.0988. The molecule has 1 aliphatic rings. The third kappa shape index (κ3) is 2.86. The molecule has 0 radical (unpaired) electrons. The molecule has 3 rings (SSSR count). The molecule has 0 aromatic heterocycles. The lowest BCUT2D eigenvalue weighted by Gasteiger charge is -2.23. The van der Waals surface area contributed by atoms with Crippen molar-refractivity contribution >= 4 is 46.7 Å². The molecule has 0 saturated carbocycles. The monoisotopic (exact) mass is 382 g/mol. The lowest BCUT2D eigenvalue weighted by molar-refractivity contribution is -0.131. The van der Waals surface area contributed by atoms with Crippen molar-refractivity contribution in [2.45, 2.75) is 19.0 Å². The van der Waals surface area contributed by atoms with E-state index in [-0.39, 0.29) is 12.5 Å². The second kappa shape index (κ2) is 6.28. The first kappa shape index (κ1) is 17.1. The molecule has 1 N–H and O–H groups in total. The van der Waals surface area contributed by atoms with Crippen molar-refractivity contribution in [1.29, 1.82) is 0 Å². The van der Waals surface area contributed by atoms with E-state index in [1.165, 1.54) is 0 Å². The van der Waals surface area contributed by atoms with Crippen molar-refractivity contribution in [2.75, 3.05) is 0 Å². The highest BCUT2D eigenvalue weighted by atomic mass is 35.5. The van der Waals surface area contributed by atoms with Crippen LogP contribution in [0.1, 0.15) is 18.1 Å². The zero-order valence-corrected chi connectivity index (χ0v) is 14.9. The van der Waals surface area contributed by atoms with Gasteiger partial charge in [0.25, 0.3) is 5.91 Å². The van der Waals surface area contributed by atoms with Crippen LogP contribution in [0.15, 0.2) is 42.5 Å². The molecule has 124 valence electrons. The lowest BCUT2D eigenvalue weighted by Crippen LogP contribution is -2.41. The van der Waals surface area contributed by atoms with Gasteiger partial charge in [-0.15, -0.1) is 0 Å². The van der Waals surface area contributed by atoms with Gasteiger partial charge in [-0.25, -0.2) is 4.79 Å². The molecular weight excluding hydrogens is 371 g/mol. The second-order valence-corrected chi connectivity index (χ2v) is 6.90. The molecule has 2 aromatic carbocycles. The Hall–Kier alpha value is -1.75. The van der Waals surface area contributed by atoms with Gasteiger partial charge < -0.3 is 5.32 Å². The fourth-order valence-electron chi connectivity index (χ4n) is 2.71. The summed E-state index contributed by atoms with van der Waals surface area (Å²) in [6.07, 6.45) is 0. The lowest BCUT2D eigenvalue weighted by atomic mass is 9.92. The van der Waals surface area contributed by atoms with Crippen molar-refractivity contribution in [2.24, 2.45) is 0 Å². The van der Waals surface area contributed by atoms with Crippen LogP contribution in [0.4, 0.5) is 4.79 Å². The summed E-state index contributed by atoms with van der Waals surface area (Å²) >= 11 is 18.1. The maximum Gasteiger partial charge on any atom is 0.325 e. The first-order valence-electron chi connectivity index (χ1n) is 7.16. The van der Waals surface area contributed by atoms with Crippen molar-refractivity contribution < 1.29 is 9.59 Å². The van der Waals surface area contributed by atoms with Gasteiger partial charge in [-0.3, -0.25) is 9.69 Å². The van der Waals surface area contributed by atoms with Gasteiger partial charge >= 0.3 is 6.03 Å². The topological polar surface area (TPSA) is 49.4 Å². The van der Waals surface area contributed by atoms with Gasteiger partial charge in [0, 0.05) is 10.6 Å². The van der Waals surface area contributed by atoms with Crippen molar-refractivity contribution in [3.63, 3.8) is 0 Å². The Morgan fingerprint density at radius 1 is 1.00 bits per heavy atom. The number of carbonyl (C=O) groups is 2. The zero-order valence-electron chi connectivity index (χ0n) is 12.6. The normalized spacial score (nSPS) is 20.4. The number of amides is 3. The van der Waals surface area contributed by atoms with Crippen LogP contribution in [0.3, 0.4) is 0 Å². The maximum absolute atomic E-state index is 12.9. The highest BCUT2D eigenvalue weighted by Crippen LogP contribution is 2.34. The van der Waals surface area contributed by atoms with E-state index >= 15 is 0 Å². The number of hydrogen-bond donors (Lipinski definition) is 1. The number of halogens is 3. The molecule has 1 atom stereocenters. The smallest absolute Gasteiger partial charge is 0.319 e. The van der Waals surface area contributed by atoms with Crippen LogP contribution in [0.2, 0.25) is 15.1 Å². The van der Waals surface area contributed by atoms with Crippen LogP contribution < -0.4 is 5.32 Å². The predicted octanol–water partition coefficient (Wildman–Crippen LogP) is 4.61. The van der Waals surface area contributed by atoms with Crippen LogP contribution in [0.25, 0.3) is 0 Å². The van der Waals surface area contributed by atoms with E-state index in [0.29, 0.717) is 26.2 Å². The Morgan fingerprint density at radius 3 is 2.38 bits per heavy atom. The standard InChI is InChI=1S/C17H13Cl3N2O2/c1-17(11-4-2-3-5-12(11)18)15(23)22(16(24)21-17)9-10-6-7-13(19)14(20)8-10/h2-8H,9H2,1H3,(H,21,24). The number of carbonyl (C=O) groups excluding carboxylic acids is 2. The highest BCUT2D eigenvalue weighted by molar-refractivity contribution is 6.42. The summed E-state index contributed by atoms with van der Waals surface area (Å²) in [5, 5.41) is 3.93. The minimum Gasteiger partial charge on any atom is -0.319 e. The highest BCUT2D eigenvalue weighted by Gasteiger charge is 2.49. The van der Waals surface area contributed by atoms with E-state index in [9.17, 15) is 9.59 Å². The number of rotatable bonds is 3. The van der Waals surface area contributed by atoms with E-state index in [2.05, 4.69) is 5.32 Å². The van der Waals surface area contributed by atoms with Gasteiger partial charge in [0.1, 0.15) is 5.54 Å². The average Bonchev–Trinajstić information content (AvgIpc) is 2.75. The molecular formula is C17H13Cl3N2O2. The molecule has 3 amide bonds. The number of nitrogens with zero attached hydrogens (tertiary/aromatic N) is 1. The summed E-state index contributed by atoms with van der Waals surface area (Å²) < 4.78 is 0. The van der Waals surface area contributed by atoms with Gasteiger partial charge in [-0.2, -0.15) is 0 Å². The first-order valence-corrected chi connectivity index (χ1v) is 8.29. The van der Waals surface area contributed by atoms with Gasteiger partial charge in [-0.1, -0.05) is 59.1 Å². The van der Waals surface area contributed by atoms with Crippen LogP contribution in [-0.4, -0.2) is 16.8 Å². The Morgan fingerprint density at radius 2 is 1.71 bits per heavy atom. The molecule has 1 aliphatic heterocycles. The van der Waals surface area contributed by atoms with Crippen molar-refractivity contribution in [1.82, 2.24) is 10.2 Å². The van der Waals surface area contributed by atoms with Crippen LogP contribution in [0, 0.1) is 0 Å². The summed E-state index contributed by atoms with van der Waals surface area (Å²) in [5.74, 6) is -0.369. The number of benzene rings is 2.